The van der Waals surface area contributed by atoms with Gasteiger partial charge in [0.2, 0.25) is 5.91 Å². The number of nitrogens with zero attached hydrogens (tertiary/aromatic N) is 1. The minimum Gasteiger partial charge on any atom is -0.347 e. The van der Waals surface area contributed by atoms with Gasteiger partial charge in [0.25, 0.3) is 5.91 Å². The molecule has 150 valence electrons. The van der Waals surface area contributed by atoms with Gasteiger partial charge in [-0.15, -0.1) is 0 Å². The number of carbonyl (C=O) groups excluding carboxylic acids is 2. The number of rotatable bonds is 14. The lowest BCUT2D eigenvalue weighted by molar-refractivity contribution is -0.126. The van der Waals surface area contributed by atoms with Gasteiger partial charge in [0.15, 0.2) is 0 Å². The van der Waals surface area contributed by atoms with E-state index in [4.69, 9.17) is 11.6 Å². The van der Waals surface area contributed by atoms with Crippen LogP contribution in [-0.4, -0.2) is 24.6 Å². The molecule has 0 saturated heterocycles. The van der Waals surface area contributed by atoms with Gasteiger partial charge < -0.3 is 5.32 Å². The van der Waals surface area contributed by atoms with E-state index in [2.05, 4.69) is 22.8 Å². The Morgan fingerprint density at radius 3 is 2.15 bits per heavy atom. The zero-order valence-electron chi connectivity index (χ0n) is 16.3. The Kier molecular flexibility index (Phi) is 13.0. The molecule has 0 aliphatic carbocycles. The average molecular weight is 394 g/mol. The van der Waals surface area contributed by atoms with Crippen molar-refractivity contribution >= 4 is 29.6 Å². The molecule has 1 aromatic carbocycles. The van der Waals surface area contributed by atoms with Crippen LogP contribution in [0.3, 0.4) is 0 Å². The van der Waals surface area contributed by atoms with Gasteiger partial charge in [-0.25, -0.2) is 5.43 Å². The summed E-state index contributed by atoms with van der Waals surface area (Å²) in [6.07, 6.45) is 12.9. The molecule has 0 radical (unpaired) electrons. The van der Waals surface area contributed by atoms with Crippen LogP contribution in [0.25, 0.3) is 0 Å². The molecule has 0 atom stereocenters. The molecule has 2 amide bonds. The summed E-state index contributed by atoms with van der Waals surface area (Å²) >= 11 is 5.80. The Hall–Kier alpha value is -1.88. The molecule has 0 unspecified atom stereocenters. The van der Waals surface area contributed by atoms with Crippen LogP contribution in [0.4, 0.5) is 0 Å². The maximum absolute atomic E-state index is 11.7. The first-order valence-electron chi connectivity index (χ1n) is 9.96. The predicted molar refractivity (Wildman–Crippen MR) is 112 cm³/mol. The Bertz CT molecular complexity index is 573. The lowest BCUT2D eigenvalue weighted by Crippen LogP contribution is -2.34. The van der Waals surface area contributed by atoms with Crippen LogP contribution < -0.4 is 10.7 Å². The second kappa shape index (κ2) is 15.2. The van der Waals surface area contributed by atoms with E-state index in [-0.39, 0.29) is 18.4 Å². The van der Waals surface area contributed by atoms with Crippen molar-refractivity contribution in [3.05, 3.63) is 34.9 Å². The number of nitrogens with one attached hydrogen (secondary N) is 2. The van der Waals surface area contributed by atoms with Gasteiger partial charge in [0.1, 0.15) is 0 Å². The molecule has 0 aliphatic heterocycles. The minimum absolute atomic E-state index is 0.0613. The quantitative estimate of drug-likeness (QED) is 0.270. The van der Waals surface area contributed by atoms with Crippen molar-refractivity contribution < 1.29 is 9.59 Å². The molecule has 0 fully saturated rings. The second-order valence-corrected chi connectivity index (χ2v) is 7.14. The number of hydrazone groups is 1. The molecule has 27 heavy (non-hydrogen) atoms. The third-order valence-corrected chi connectivity index (χ3v) is 4.48. The molecule has 0 saturated carbocycles. The molecule has 0 heterocycles. The summed E-state index contributed by atoms with van der Waals surface area (Å²) in [7, 11) is 0. The number of carbonyl (C=O) groups is 2. The third-order valence-electron chi connectivity index (χ3n) is 4.23. The van der Waals surface area contributed by atoms with Crippen LogP contribution in [0, 0.1) is 0 Å². The highest BCUT2D eigenvalue weighted by Gasteiger charge is 2.04. The second-order valence-electron chi connectivity index (χ2n) is 6.70. The Balaban J connectivity index is 2.00. The summed E-state index contributed by atoms with van der Waals surface area (Å²) in [6, 6.07) is 7.09. The highest BCUT2D eigenvalue weighted by atomic mass is 35.5. The topological polar surface area (TPSA) is 70.6 Å². The van der Waals surface area contributed by atoms with E-state index >= 15 is 0 Å². The first kappa shape index (κ1) is 23.2. The standard InChI is InChI=1S/C21H32ClN3O2/c1-2-3-4-5-6-7-8-9-10-11-20(26)23-17-21(27)25-24-16-18-12-14-19(22)15-13-18/h12-16H,2-11,17H2,1H3,(H,23,26)(H,25,27)/b24-16+. The number of unbranched alkanes of at least 4 members (excludes halogenated alkanes) is 8. The first-order chi connectivity index (χ1) is 13.1. The van der Waals surface area contributed by atoms with E-state index in [1.54, 1.807) is 24.3 Å². The molecule has 2 N–H and O–H groups in total. The Morgan fingerprint density at radius 2 is 1.52 bits per heavy atom. The van der Waals surface area contributed by atoms with E-state index < -0.39 is 0 Å². The van der Waals surface area contributed by atoms with Crippen LogP contribution in [0.15, 0.2) is 29.4 Å². The monoisotopic (exact) mass is 393 g/mol. The number of amides is 2. The van der Waals surface area contributed by atoms with Gasteiger partial charge in [0, 0.05) is 11.4 Å². The van der Waals surface area contributed by atoms with Crippen molar-refractivity contribution in [1.29, 1.82) is 0 Å². The third kappa shape index (κ3) is 13.0. The van der Waals surface area contributed by atoms with E-state index in [9.17, 15) is 9.59 Å². The van der Waals surface area contributed by atoms with E-state index in [1.807, 2.05) is 0 Å². The summed E-state index contributed by atoms with van der Waals surface area (Å²) in [5, 5.41) is 7.12. The van der Waals surface area contributed by atoms with Gasteiger partial charge in [-0.3, -0.25) is 9.59 Å². The molecule has 0 aliphatic rings. The van der Waals surface area contributed by atoms with E-state index in [1.165, 1.54) is 51.2 Å². The zero-order valence-corrected chi connectivity index (χ0v) is 17.1. The van der Waals surface area contributed by atoms with Crippen molar-refractivity contribution in [2.24, 2.45) is 5.10 Å². The molecule has 1 rings (SSSR count). The molecule has 6 heteroatoms. The number of benzene rings is 1. The highest BCUT2D eigenvalue weighted by molar-refractivity contribution is 6.30. The van der Waals surface area contributed by atoms with Crippen molar-refractivity contribution in [2.45, 2.75) is 71.1 Å². The molecule has 1 aromatic rings. The lowest BCUT2D eigenvalue weighted by Gasteiger charge is -2.04. The SMILES string of the molecule is CCCCCCCCCCCC(=O)NCC(=O)N/N=C/c1ccc(Cl)cc1. The normalized spacial score (nSPS) is 10.9. The van der Waals surface area contributed by atoms with Crippen LogP contribution in [-0.2, 0) is 9.59 Å². The fraction of sp³-hybridized carbons (Fsp3) is 0.571. The number of hydrogen-bond donors (Lipinski definition) is 2. The van der Waals surface area contributed by atoms with Crippen molar-refractivity contribution in [3.8, 4) is 0 Å². The van der Waals surface area contributed by atoms with Crippen LogP contribution in [0.5, 0.6) is 0 Å². The average Bonchev–Trinajstić information content (AvgIpc) is 2.66. The van der Waals surface area contributed by atoms with E-state index in [0.717, 1.165) is 18.4 Å². The number of hydrogen-bond acceptors (Lipinski definition) is 3. The minimum atomic E-state index is -0.347. The summed E-state index contributed by atoms with van der Waals surface area (Å²) in [5.74, 6) is -0.435. The predicted octanol–water partition coefficient (Wildman–Crippen LogP) is 4.83. The van der Waals surface area contributed by atoms with Gasteiger partial charge in [-0.05, 0) is 24.1 Å². The molecular formula is C21H32ClN3O2. The summed E-state index contributed by atoms with van der Waals surface area (Å²) in [6.45, 7) is 2.16. The maximum Gasteiger partial charge on any atom is 0.259 e. The number of halogens is 1. The summed E-state index contributed by atoms with van der Waals surface area (Å²) in [5.41, 5.74) is 3.22. The lowest BCUT2D eigenvalue weighted by atomic mass is 10.1. The van der Waals surface area contributed by atoms with Crippen molar-refractivity contribution in [2.75, 3.05) is 6.54 Å². The van der Waals surface area contributed by atoms with Crippen molar-refractivity contribution in [3.63, 3.8) is 0 Å². The smallest absolute Gasteiger partial charge is 0.259 e. The molecule has 0 spiro atoms. The summed E-state index contributed by atoms with van der Waals surface area (Å²) in [4.78, 5) is 23.4. The molecular weight excluding hydrogens is 362 g/mol. The largest absolute Gasteiger partial charge is 0.347 e. The zero-order chi connectivity index (χ0) is 19.7. The van der Waals surface area contributed by atoms with Gasteiger partial charge in [-0.1, -0.05) is 82.0 Å². The summed E-state index contributed by atoms with van der Waals surface area (Å²) < 4.78 is 0. The van der Waals surface area contributed by atoms with Crippen LogP contribution in [0.2, 0.25) is 5.02 Å². The van der Waals surface area contributed by atoms with Crippen LogP contribution in [0.1, 0.15) is 76.7 Å². The molecule has 0 aromatic heterocycles. The maximum atomic E-state index is 11.7. The molecule has 5 nitrogen and oxygen atoms in total. The van der Waals surface area contributed by atoms with E-state index in [0.29, 0.717) is 11.4 Å². The highest BCUT2D eigenvalue weighted by Crippen LogP contribution is 2.10. The van der Waals surface area contributed by atoms with Crippen LogP contribution >= 0.6 is 11.6 Å². The Labute approximate surface area is 167 Å². The van der Waals surface area contributed by atoms with Gasteiger partial charge >= 0.3 is 0 Å². The fourth-order valence-electron chi connectivity index (χ4n) is 2.63. The Morgan fingerprint density at radius 1 is 0.926 bits per heavy atom. The fourth-order valence-corrected chi connectivity index (χ4v) is 2.76. The van der Waals surface area contributed by atoms with Gasteiger partial charge in [-0.2, -0.15) is 5.10 Å². The first-order valence-corrected chi connectivity index (χ1v) is 10.3. The molecule has 0 bridgehead atoms. The van der Waals surface area contributed by atoms with Gasteiger partial charge in [0.05, 0.1) is 12.8 Å². The van der Waals surface area contributed by atoms with Crippen molar-refractivity contribution in [1.82, 2.24) is 10.7 Å².